The number of rotatable bonds is 5. The first-order chi connectivity index (χ1) is 10.7. The number of amides is 1. The lowest BCUT2D eigenvalue weighted by molar-refractivity contribution is -0.120. The van der Waals surface area contributed by atoms with Gasteiger partial charge in [-0.2, -0.15) is 0 Å². The summed E-state index contributed by atoms with van der Waals surface area (Å²) in [7, 11) is 1.70. The number of nitrogens with one attached hydrogen (secondary N) is 3. The van der Waals surface area contributed by atoms with Gasteiger partial charge in [-0.15, -0.1) is 11.3 Å². The lowest BCUT2D eigenvalue weighted by atomic mass is 9.95. The van der Waals surface area contributed by atoms with Crippen molar-refractivity contribution in [1.29, 1.82) is 0 Å². The summed E-state index contributed by atoms with van der Waals surface area (Å²) < 4.78 is 0. The van der Waals surface area contributed by atoms with Crippen LogP contribution in [0.3, 0.4) is 0 Å². The Morgan fingerprint density at radius 2 is 2.14 bits per heavy atom. The topological polar surface area (TPSA) is 78.4 Å². The molecule has 3 N–H and O–H groups in total. The summed E-state index contributed by atoms with van der Waals surface area (Å²) in [6, 6.07) is 0.344. The molecule has 1 aliphatic rings. The summed E-state index contributed by atoms with van der Waals surface area (Å²) in [5, 5.41) is 10.3. The molecule has 1 aromatic heterocycles. The van der Waals surface area contributed by atoms with Crippen LogP contribution in [0.5, 0.6) is 0 Å². The molecular formula is C15H25N5OS. The van der Waals surface area contributed by atoms with Crippen molar-refractivity contribution in [2.24, 2.45) is 4.99 Å². The van der Waals surface area contributed by atoms with Crippen molar-refractivity contribution in [2.75, 3.05) is 13.6 Å². The number of aliphatic imine (C=N–C) groups is 1. The smallest absolute Gasteiger partial charge is 0.239 e. The Bertz CT molecular complexity index is 508. The van der Waals surface area contributed by atoms with E-state index in [1.807, 2.05) is 13.1 Å². The lowest BCUT2D eigenvalue weighted by Gasteiger charge is -2.23. The third-order valence-electron chi connectivity index (χ3n) is 3.69. The van der Waals surface area contributed by atoms with Crippen LogP contribution < -0.4 is 16.0 Å². The van der Waals surface area contributed by atoms with Crippen molar-refractivity contribution in [3.8, 4) is 0 Å². The summed E-state index contributed by atoms with van der Waals surface area (Å²) in [6.45, 7) is 2.89. The van der Waals surface area contributed by atoms with Gasteiger partial charge in [0.05, 0.1) is 13.1 Å². The second-order valence-corrected chi connectivity index (χ2v) is 6.87. The maximum absolute atomic E-state index is 11.9. The fourth-order valence-corrected chi connectivity index (χ4v) is 3.28. The van der Waals surface area contributed by atoms with Crippen molar-refractivity contribution in [1.82, 2.24) is 20.9 Å². The van der Waals surface area contributed by atoms with Gasteiger partial charge in [0.2, 0.25) is 5.91 Å². The molecule has 1 saturated carbocycles. The third-order valence-corrected chi connectivity index (χ3v) is 4.60. The molecule has 0 aromatic carbocycles. The minimum Gasteiger partial charge on any atom is -0.352 e. The number of aromatic nitrogens is 1. The number of carbonyl (C=O) groups excluding carboxylic acids is 1. The first kappa shape index (κ1) is 16.7. The number of nitrogens with zero attached hydrogens (tertiary/aromatic N) is 2. The van der Waals surface area contributed by atoms with Crippen LogP contribution in [-0.4, -0.2) is 36.5 Å². The van der Waals surface area contributed by atoms with Gasteiger partial charge in [-0.05, 0) is 19.8 Å². The molecule has 0 atom stereocenters. The fourth-order valence-electron chi connectivity index (χ4n) is 2.55. The van der Waals surface area contributed by atoms with Gasteiger partial charge in [-0.1, -0.05) is 19.3 Å². The van der Waals surface area contributed by atoms with Crippen LogP contribution in [0.25, 0.3) is 0 Å². The van der Waals surface area contributed by atoms with Crippen LogP contribution in [-0.2, 0) is 11.3 Å². The molecule has 1 aliphatic carbocycles. The van der Waals surface area contributed by atoms with Crippen LogP contribution >= 0.6 is 11.3 Å². The van der Waals surface area contributed by atoms with Crippen molar-refractivity contribution in [3.63, 3.8) is 0 Å². The normalized spacial score (nSPS) is 16.4. The zero-order chi connectivity index (χ0) is 15.8. The van der Waals surface area contributed by atoms with E-state index < -0.39 is 0 Å². The van der Waals surface area contributed by atoms with Gasteiger partial charge >= 0.3 is 0 Å². The van der Waals surface area contributed by atoms with Gasteiger partial charge in [0, 0.05) is 24.2 Å². The van der Waals surface area contributed by atoms with E-state index in [1.165, 1.54) is 24.1 Å². The molecule has 0 aliphatic heterocycles. The molecule has 6 nitrogen and oxygen atoms in total. The van der Waals surface area contributed by atoms with Crippen molar-refractivity contribution < 1.29 is 4.79 Å². The third kappa shape index (κ3) is 5.63. The first-order valence-electron chi connectivity index (χ1n) is 7.82. The molecule has 0 saturated heterocycles. The minimum atomic E-state index is 0.0277. The summed E-state index contributed by atoms with van der Waals surface area (Å²) in [6.07, 6.45) is 7.78. The van der Waals surface area contributed by atoms with E-state index in [0.717, 1.165) is 17.8 Å². The minimum absolute atomic E-state index is 0.0277. The van der Waals surface area contributed by atoms with E-state index in [0.29, 0.717) is 18.5 Å². The molecule has 1 heterocycles. The Morgan fingerprint density at radius 3 is 2.77 bits per heavy atom. The van der Waals surface area contributed by atoms with Gasteiger partial charge < -0.3 is 16.0 Å². The molecule has 0 spiro atoms. The monoisotopic (exact) mass is 323 g/mol. The molecule has 0 bridgehead atoms. The van der Waals surface area contributed by atoms with Crippen LogP contribution in [0.2, 0.25) is 0 Å². The summed E-state index contributed by atoms with van der Waals surface area (Å²) in [5.41, 5.74) is 0. The SMILES string of the molecule is CN=C(NCC(=O)NC1CCCCC1)NCc1ncc(C)s1. The van der Waals surface area contributed by atoms with E-state index in [9.17, 15) is 4.79 Å². The molecule has 1 amide bonds. The number of hydrogen-bond donors (Lipinski definition) is 3. The van der Waals surface area contributed by atoms with Gasteiger partial charge in [0.25, 0.3) is 0 Å². The van der Waals surface area contributed by atoms with Gasteiger partial charge in [-0.25, -0.2) is 4.98 Å². The average molecular weight is 323 g/mol. The van der Waals surface area contributed by atoms with E-state index in [2.05, 4.69) is 25.9 Å². The molecule has 2 rings (SSSR count). The predicted molar refractivity (Wildman–Crippen MR) is 90.1 cm³/mol. The molecule has 22 heavy (non-hydrogen) atoms. The van der Waals surface area contributed by atoms with Gasteiger partial charge in [-0.3, -0.25) is 9.79 Å². The first-order valence-corrected chi connectivity index (χ1v) is 8.64. The van der Waals surface area contributed by atoms with E-state index in [-0.39, 0.29) is 12.5 Å². The van der Waals surface area contributed by atoms with Gasteiger partial charge in [0.15, 0.2) is 5.96 Å². The number of guanidine groups is 1. The van der Waals surface area contributed by atoms with Crippen molar-refractivity contribution in [2.45, 2.75) is 51.6 Å². The zero-order valence-electron chi connectivity index (χ0n) is 13.3. The number of aryl methyl sites for hydroxylation is 1. The maximum atomic E-state index is 11.9. The highest BCUT2D eigenvalue weighted by molar-refractivity contribution is 7.11. The Hall–Kier alpha value is -1.63. The summed E-state index contributed by atoms with van der Waals surface area (Å²) >= 11 is 1.65. The standard InChI is InChI=1S/C15H25N5OS/c1-11-8-17-14(22-11)10-19-15(16-2)18-9-13(21)20-12-6-4-3-5-7-12/h8,12H,3-7,9-10H2,1-2H3,(H,20,21)(H2,16,18,19). The van der Waals surface area contributed by atoms with Crippen molar-refractivity contribution in [3.05, 3.63) is 16.1 Å². The quantitative estimate of drug-likeness (QED) is 0.568. The Morgan fingerprint density at radius 1 is 1.36 bits per heavy atom. The average Bonchev–Trinajstić information content (AvgIpc) is 2.94. The summed E-state index contributed by atoms with van der Waals surface area (Å²) in [4.78, 5) is 21.5. The zero-order valence-corrected chi connectivity index (χ0v) is 14.1. The maximum Gasteiger partial charge on any atom is 0.239 e. The lowest BCUT2D eigenvalue weighted by Crippen LogP contribution is -2.45. The molecule has 1 aromatic rings. The molecule has 0 radical (unpaired) electrons. The summed E-state index contributed by atoms with van der Waals surface area (Å²) in [5.74, 6) is 0.645. The number of hydrogen-bond acceptors (Lipinski definition) is 4. The highest BCUT2D eigenvalue weighted by Gasteiger charge is 2.15. The van der Waals surface area contributed by atoms with E-state index in [1.54, 1.807) is 18.4 Å². The van der Waals surface area contributed by atoms with Crippen LogP contribution in [0.15, 0.2) is 11.2 Å². The second kappa shape index (κ2) is 8.73. The van der Waals surface area contributed by atoms with Crippen LogP contribution in [0.4, 0.5) is 0 Å². The Labute approximate surface area is 135 Å². The van der Waals surface area contributed by atoms with Gasteiger partial charge in [0.1, 0.15) is 5.01 Å². The molecule has 1 fully saturated rings. The number of thiazole rings is 1. The molecule has 0 unspecified atom stereocenters. The molecule has 122 valence electrons. The Balaban J connectivity index is 1.67. The Kier molecular flexibility index (Phi) is 6.64. The molecule has 7 heteroatoms. The van der Waals surface area contributed by atoms with Crippen molar-refractivity contribution >= 4 is 23.2 Å². The van der Waals surface area contributed by atoms with E-state index >= 15 is 0 Å². The predicted octanol–water partition coefficient (Wildman–Crippen LogP) is 1.57. The second-order valence-electron chi connectivity index (χ2n) is 5.55. The fraction of sp³-hybridized carbons (Fsp3) is 0.667. The van der Waals surface area contributed by atoms with Crippen LogP contribution in [0, 0.1) is 6.92 Å². The number of carbonyl (C=O) groups is 1. The van der Waals surface area contributed by atoms with E-state index in [4.69, 9.17) is 0 Å². The highest BCUT2D eigenvalue weighted by atomic mass is 32.1. The largest absolute Gasteiger partial charge is 0.352 e. The molecular weight excluding hydrogens is 298 g/mol. The van der Waals surface area contributed by atoms with Crippen LogP contribution in [0.1, 0.15) is 42.0 Å². The highest BCUT2D eigenvalue weighted by Crippen LogP contribution is 2.17.